The standard InChI is InChI=1S/C19H15N3O3S/c23-22(24)18-12-5-4-11-17(18)21-19(26)20-14-7-6-10-16(13-14)25-15-8-2-1-3-9-15/h1-13H,(H2,20,21,26). The quantitative estimate of drug-likeness (QED) is 0.368. The van der Waals surface area contributed by atoms with Gasteiger partial charge in [0.1, 0.15) is 17.2 Å². The normalized spacial score (nSPS) is 10.0. The van der Waals surface area contributed by atoms with Crippen LogP contribution < -0.4 is 15.4 Å². The zero-order valence-electron chi connectivity index (χ0n) is 13.6. The van der Waals surface area contributed by atoms with Gasteiger partial charge < -0.3 is 15.4 Å². The van der Waals surface area contributed by atoms with Crippen LogP contribution in [0.25, 0.3) is 0 Å². The van der Waals surface area contributed by atoms with Gasteiger partial charge in [-0.15, -0.1) is 0 Å². The first-order valence-electron chi connectivity index (χ1n) is 7.76. The Morgan fingerprint density at radius 1 is 0.885 bits per heavy atom. The highest BCUT2D eigenvalue weighted by Gasteiger charge is 2.13. The number of para-hydroxylation sites is 3. The summed E-state index contributed by atoms with van der Waals surface area (Å²) in [4.78, 5) is 10.6. The zero-order chi connectivity index (χ0) is 18.4. The number of thiocarbonyl (C=S) groups is 1. The number of nitrogens with zero attached hydrogens (tertiary/aromatic N) is 1. The second kappa shape index (κ2) is 8.09. The van der Waals surface area contributed by atoms with Crippen molar-refractivity contribution >= 4 is 34.4 Å². The highest BCUT2D eigenvalue weighted by atomic mass is 32.1. The van der Waals surface area contributed by atoms with Gasteiger partial charge in [-0.3, -0.25) is 10.1 Å². The maximum atomic E-state index is 11.1. The van der Waals surface area contributed by atoms with Gasteiger partial charge in [0, 0.05) is 17.8 Å². The molecule has 2 N–H and O–H groups in total. The fraction of sp³-hybridized carbons (Fsp3) is 0. The second-order valence-electron chi connectivity index (χ2n) is 5.30. The van der Waals surface area contributed by atoms with E-state index in [4.69, 9.17) is 17.0 Å². The van der Waals surface area contributed by atoms with Gasteiger partial charge in [0.2, 0.25) is 0 Å². The van der Waals surface area contributed by atoms with Gasteiger partial charge in [-0.1, -0.05) is 36.4 Å². The van der Waals surface area contributed by atoms with Gasteiger partial charge in [-0.25, -0.2) is 0 Å². The number of nitrogens with one attached hydrogen (secondary N) is 2. The van der Waals surface area contributed by atoms with Crippen LogP contribution in [0, 0.1) is 10.1 Å². The summed E-state index contributed by atoms with van der Waals surface area (Å²) in [7, 11) is 0. The summed E-state index contributed by atoms with van der Waals surface area (Å²) < 4.78 is 5.78. The fourth-order valence-electron chi connectivity index (χ4n) is 2.29. The van der Waals surface area contributed by atoms with Gasteiger partial charge >= 0.3 is 0 Å². The maximum absolute atomic E-state index is 11.1. The van der Waals surface area contributed by atoms with E-state index < -0.39 is 4.92 Å². The highest BCUT2D eigenvalue weighted by Crippen LogP contribution is 2.25. The zero-order valence-corrected chi connectivity index (χ0v) is 14.4. The summed E-state index contributed by atoms with van der Waals surface area (Å²) in [5.74, 6) is 1.37. The lowest BCUT2D eigenvalue weighted by Gasteiger charge is -2.12. The maximum Gasteiger partial charge on any atom is 0.292 e. The Bertz CT molecular complexity index is 932. The number of rotatable bonds is 5. The molecule has 0 saturated carbocycles. The van der Waals surface area contributed by atoms with Crippen molar-refractivity contribution in [3.63, 3.8) is 0 Å². The third-order valence-electron chi connectivity index (χ3n) is 3.42. The minimum absolute atomic E-state index is 0.0437. The van der Waals surface area contributed by atoms with Crippen LogP contribution in [0.15, 0.2) is 78.9 Å². The van der Waals surface area contributed by atoms with Crippen LogP contribution in [0.3, 0.4) is 0 Å². The molecule has 0 heterocycles. The molecule has 3 aromatic carbocycles. The van der Waals surface area contributed by atoms with Crippen molar-refractivity contribution in [3.05, 3.63) is 89.0 Å². The van der Waals surface area contributed by atoms with Crippen LogP contribution in [0.1, 0.15) is 0 Å². The van der Waals surface area contributed by atoms with Crippen LogP contribution in [0.5, 0.6) is 11.5 Å². The van der Waals surface area contributed by atoms with E-state index in [0.29, 0.717) is 17.1 Å². The molecule has 7 heteroatoms. The minimum atomic E-state index is -0.459. The summed E-state index contributed by atoms with van der Waals surface area (Å²) in [5, 5.41) is 17.2. The van der Waals surface area contributed by atoms with Crippen LogP contribution in [0.4, 0.5) is 17.1 Å². The van der Waals surface area contributed by atoms with Crippen molar-refractivity contribution in [1.29, 1.82) is 0 Å². The lowest BCUT2D eigenvalue weighted by Crippen LogP contribution is -2.19. The molecule has 0 aliphatic carbocycles. The van der Waals surface area contributed by atoms with Crippen molar-refractivity contribution < 1.29 is 9.66 Å². The molecule has 26 heavy (non-hydrogen) atoms. The summed E-state index contributed by atoms with van der Waals surface area (Å²) in [5.41, 5.74) is 0.985. The lowest BCUT2D eigenvalue weighted by molar-refractivity contribution is -0.383. The monoisotopic (exact) mass is 365 g/mol. The van der Waals surface area contributed by atoms with Crippen molar-refractivity contribution in [2.45, 2.75) is 0 Å². The Balaban J connectivity index is 1.68. The molecule has 0 spiro atoms. The Morgan fingerprint density at radius 2 is 1.58 bits per heavy atom. The fourth-order valence-corrected chi connectivity index (χ4v) is 2.51. The first-order chi connectivity index (χ1) is 12.6. The average Bonchev–Trinajstić information content (AvgIpc) is 2.63. The van der Waals surface area contributed by atoms with E-state index in [-0.39, 0.29) is 10.8 Å². The van der Waals surface area contributed by atoms with Gasteiger partial charge in [0.15, 0.2) is 5.11 Å². The number of anilines is 2. The van der Waals surface area contributed by atoms with E-state index >= 15 is 0 Å². The summed E-state index contributed by atoms with van der Waals surface area (Å²) >= 11 is 5.25. The molecule has 0 radical (unpaired) electrons. The Hall–Kier alpha value is -3.45. The number of hydrogen-bond acceptors (Lipinski definition) is 4. The molecular weight excluding hydrogens is 350 g/mol. The average molecular weight is 365 g/mol. The van der Waals surface area contributed by atoms with Crippen molar-refractivity contribution in [3.8, 4) is 11.5 Å². The first kappa shape index (κ1) is 17.4. The Kier molecular flexibility index (Phi) is 5.40. The molecule has 3 rings (SSSR count). The molecule has 0 unspecified atom stereocenters. The minimum Gasteiger partial charge on any atom is -0.457 e. The summed E-state index contributed by atoms with van der Waals surface area (Å²) in [6.07, 6.45) is 0. The molecule has 3 aromatic rings. The van der Waals surface area contributed by atoms with Crippen LogP contribution in [-0.4, -0.2) is 10.0 Å². The molecule has 6 nitrogen and oxygen atoms in total. The number of nitro benzene ring substituents is 1. The van der Waals surface area contributed by atoms with Gasteiger partial charge in [-0.2, -0.15) is 0 Å². The van der Waals surface area contributed by atoms with Gasteiger partial charge in [0.05, 0.1) is 4.92 Å². The predicted molar refractivity (Wildman–Crippen MR) is 106 cm³/mol. The molecule has 0 aromatic heterocycles. The van der Waals surface area contributed by atoms with E-state index in [1.54, 1.807) is 24.3 Å². The van der Waals surface area contributed by atoms with E-state index in [1.165, 1.54) is 6.07 Å². The summed E-state index contributed by atoms with van der Waals surface area (Å²) in [6, 6.07) is 23.0. The molecule has 0 atom stereocenters. The third kappa shape index (κ3) is 4.55. The Labute approximate surface area is 155 Å². The van der Waals surface area contributed by atoms with E-state index in [2.05, 4.69) is 10.6 Å². The number of hydrogen-bond donors (Lipinski definition) is 2. The second-order valence-corrected chi connectivity index (χ2v) is 5.70. The predicted octanol–water partition coefficient (Wildman–Crippen LogP) is 5.20. The lowest BCUT2D eigenvalue weighted by atomic mass is 10.2. The molecule has 0 bridgehead atoms. The molecule has 130 valence electrons. The van der Waals surface area contributed by atoms with Crippen LogP contribution in [-0.2, 0) is 0 Å². The molecule has 0 fully saturated rings. The van der Waals surface area contributed by atoms with Gasteiger partial charge in [0.25, 0.3) is 5.69 Å². The van der Waals surface area contributed by atoms with Crippen molar-refractivity contribution in [2.75, 3.05) is 10.6 Å². The highest BCUT2D eigenvalue weighted by molar-refractivity contribution is 7.80. The molecular formula is C19H15N3O3S. The van der Waals surface area contributed by atoms with Crippen LogP contribution in [0.2, 0.25) is 0 Å². The van der Waals surface area contributed by atoms with E-state index in [1.807, 2.05) is 48.5 Å². The molecule has 0 amide bonds. The smallest absolute Gasteiger partial charge is 0.292 e. The van der Waals surface area contributed by atoms with Crippen molar-refractivity contribution in [1.82, 2.24) is 0 Å². The van der Waals surface area contributed by atoms with Gasteiger partial charge in [-0.05, 0) is 42.5 Å². The molecule has 0 aliphatic heterocycles. The third-order valence-corrected chi connectivity index (χ3v) is 3.62. The SMILES string of the molecule is O=[N+]([O-])c1ccccc1NC(=S)Nc1cccc(Oc2ccccc2)c1. The number of nitro groups is 1. The number of ether oxygens (including phenoxy) is 1. The van der Waals surface area contributed by atoms with Crippen LogP contribution >= 0.6 is 12.2 Å². The Morgan fingerprint density at radius 3 is 2.35 bits per heavy atom. The first-order valence-corrected chi connectivity index (χ1v) is 8.17. The number of benzene rings is 3. The summed E-state index contributed by atoms with van der Waals surface area (Å²) in [6.45, 7) is 0. The van der Waals surface area contributed by atoms with E-state index in [0.717, 1.165) is 5.75 Å². The van der Waals surface area contributed by atoms with Crippen molar-refractivity contribution in [2.24, 2.45) is 0 Å². The molecule has 0 saturated heterocycles. The molecule has 0 aliphatic rings. The van der Waals surface area contributed by atoms with E-state index in [9.17, 15) is 10.1 Å². The largest absolute Gasteiger partial charge is 0.457 e. The topological polar surface area (TPSA) is 76.4 Å².